The van der Waals surface area contributed by atoms with Crippen LogP contribution in [0.2, 0.25) is 0 Å². The smallest absolute Gasteiger partial charge is 0.229 e. The second kappa shape index (κ2) is 6.84. The molecule has 1 aliphatic heterocycles. The Morgan fingerprint density at radius 3 is 1.83 bits per heavy atom. The molecule has 3 nitrogen and oxygen atoms in total. The van der Waals surface area contributed by atoms with Crippen LogP contribution in [0, 0.1) is 0 Å². The van der Waals surface area contributed by atoms with Crippen LogP contribution >= 0.6 is 30.8 Å². The third kappa shape index (κ3) is 4.41. The summed E-state index contributed by atoms with van der Waals surface area (Å²) in [4.78, 5) is 24.3. The minimum Gasteiger partial charge on any atom is -0.286 e. The van der Waals surface area contributed by atoms with Crippen LogP contribution in [-0.2, 0) is 9.59 Å². The maximum atomic E-state index is 10.5. The molecule has 1 aliphatic rings. The van der Waals surface area contributed by atoms with Gasteiger partial charge in [0.2, 0.25) is 16.7 Å². The molecule has 1 rings (SSSR count). The van der Waals surface area contributed by atoms with Gasteiger partial charge < -0.3 is 0 Å². The van der Waals surface area contributed by atoms with Crippen LogP contribution in [-0.4, -0.2) is 35.3 Å². The average Bonchev–Trinajstić information content (AvgIpc) is 2.37. The number of carbonyl (C=O) groups is 2. The number of nitrogens with zero attached hydrogens (tertiary/aromatic N) is 1. The first-order valence-corrected chi connectivity index (χ1v) is 6.34. The molecular weight excluding hydrogens is 287 g/mol. The summed E-state index contributed by atoms with van der Waals surface area (Å²) in [5.41, 5.74) is 0. The maximum Gasteiger partial charge on any atom is 0.229 e. The van der Waals surface area contributed by atoms with E-state index in [-0.39, 0.29) is 11.8 Å². The largest absolute Gasteiger partial charge is 0.286 e. The van der Waals surface area contributed by atoms with E-state index in [0.717, 1.165) is 8.46 Å². The average molecular weight is 298 g/mol. The highest BCUT2D eigenvalue weighted by molar-refractivity contribution is 14.1. The molecule has 1 heterocycles. The molecule has 0 aliphatic carbocycles. The van der Waals surface area contributed by atoms with Crippen LogP contribution in [0.25, 0.3) is 0 Å². The van der Waals surface area contributed by atoms with Crippen molar-refractivity contribution in [3.05, 3.63) is 0 Å². The number of amides is 2. The standard InChI is InChI=1S/C5H7NO2.CH4BIP/c1-6-4(7)2-3-5(6)8;1-4-2-3/h2-3H2,1H3;4H,1H3. The number of halogens is 1. The highest BCUT2D eigenvalue weighted by atomic mass is 127. The first kappa shape index (κ1) is 12.4. The van der Waals surface area contributed by atoms with Crippen molar-refractivity contribution >= 4 is 47.5 Å². The number of likely N-dealkylation sites (tertiary alicyclic amines) is 1. The van der Waals surface area contributed by atoms with Gasteiger partial charge in [-0.2, -0.15) is 30.8 Å². The zero-order valence-electron chi connectivity index (χ0n) is 7.13. The van der Waals surface area contributed by atoms with E-state index in [0.29, 0.717) is 12.8 Å². The van der Waals surface area contributed by atoms with Crippen molar-refractivity contribution in [2.45, 2.75) is 12.8 Å². The van der Waals surface area contributed by atoms with Crippen LogP contribution in [0.4, 0.5) is 0 Å². The minimum atomic E-state index is -0.0602. The summed E-state index contributed by atoms with van der Waals surface area (Å²) in [5, 5.41) is 0. The van der Waals surface area contributed by atoms with Crippen LogP contribution in [0.5, 0.6) is 0 Å². The Hall–Kier alpha value is 0.365. The van der Waals surface area contributed by atoms with E-state index in [2.05, 4.69) is 33.9 Å². The van der Waals surface area contributed by atoms with Gasteiger partial charge in [0.25, 0.3) is 0 Å². The number of rotatable bonds is 1. The monoisotopic (exact) mass is 298 g/mol. The van der Waals surface area contributed by atoms with E-state index >= 15 is 0 Å². The molecule has 6 heteroatoms. The van der Waals surface area contributed by atoms with Gasteiger partial charge in [0.05, 0.1) is 0 Å². The molecule has 1 unspecified atom stereocenters. The summed E-state index contributed by atoms with van der Waals surface area (Å²) < 4.78 is 0. The predicted octanol–water partition coefficient (Wildman–Crippen LogP) is 1.03. The first-order valence-electron chi connectivity index (χ1n) is 3.52. The third-order valence-corrected chi connectivity index (χ3v) is 3.50. The van der Waals surface area contributed by atoms with E-state index in [1.54, 1.807) is 0 Å². The maximum absolute atomic E-state index is 10.5. The Balaban J connectivity index is 0.000000261. The Morgan fingerprint density at radius 1 is 1.42 bits per heavy atom. The molecule has 12 heavy (non-hydrogen) atoms. The number of hydrogen-bond donors (Lipinski definition) is 0. The van der Waals surface area contributed by atoms with Gasteiger partial charge in [0, 0.05) is 19.9 Å². The number of hydrogen-bond acceptors (Lipinski definition) is 2. The van der Waals surface area contributed by atoms with Crippen molar-refractivity contribution in [3.8, 4) is 0 Å². The molecule has 0 aromatic rings. The summed E-state index contributed by atoms with van der Waals surface area (Å²) in [5.74, 6) is -0.120. The topological polar surface area (TPSA) is 37.4 Å². The lowest BCUT2D eigenvalue weighted by Crippen LogP contribution is -2.23. The molecule has 1 radical (unpaired) electrons. The van der Waals surface area contributed by atoms with Crippen molar-refractivity contribution in [1.82, 2.24) is 4.90 Å². The lowest BCUT2D eigenvalue weighted by Gasteiger charge is -2.01. The fourth-order valence-corrected chi connectivity index (χ4v) is 0.688. The summed E-state index contributed by atoms with van der Waals surface area (Å²) in [7, 11) is 2.51. The minimum absolute atomic E-state index is 0.0602. The van der Waals surface area contributed by atoms with Gasteiger partial charge >= 0.3 is 0 Å². The molecule has 1 atom stereocenters. The Morgan fingerprint density at radius 2 is 1.75 bits per heavy atom. The Labute approximate surface area is 88.5 Å². The third-order valence-electron chi connectivity index (χ3n) is 1.41. The van der Waals surface area contributed by atoms with Gasteiger partial charge in [0.1, 0.15) is 0 Å². The van der Waals surface area contributed by atoms with Crippen molar-refractivity contribution < 1.29 is 9.59 Å². The summed E-state index contributed by atoms with van der Waals surface area (Å²) >= 11 is 2.24. The highest BCUT2D eigenvalue weighted by Gasteiger charge is 2.24. The summed E-state index contributed by atoms with van der Waals surface area (Å²) in [6.07, 6.45) is 0.796. The van der Waals surface area contributed by atoms with Crippen LogP contribution in [0.15, 0.2) is 0 Å². The molecule has 1 fully saturated rings. The molecule has 0 aromatic heterocycles. The van der Waals surface area contributed by atoms with E-state index in [4.69, 9.17) is 0 Å². The lowest BCUT2D eigenvalue weighted by molar-refractivity contribution is -0.136. The van der Waals surface area contributed by atoms with Crippen molar-refractivity contribution in [2.75, 3.05) is 13.7 Å². The fraction of sp³-hybridized carbons (Fsp3) is 0.667. The second-order valence-corrected chi connectivity index (χ2v) is 4.91. The molecule has 0 aromatic carbocycles. The van der Waals surface area contributed by atoms with Gasteiger partial charge in [-0.3, -0.25) is 14.5 Å². The van der Waals surface area contributed by atoms with E-state index < -0.39 is 0 Å². The van der Waals surface area contributed by atoms with Gasteiger partial charge in [-0.1, -0.05) is 6.66 Å². The fourth-order valence-electron chi connectivity index (χ4n) is 0.688. The molecule has 2 amide bonds. The second-order valence-electron chi connectivity index (χ2n) is 2.24. The molecule has 1 saturated heterocycles. The number of carbonyl (C=O) groups excluding carboxylic acids is 2. The van der Waals surface area contributed by atoms with Gasteiger partial charge in [-0.15, -0.1) is 0 Å². The van der Waals surface area contributed by atoms with Crippen LogP contribution in [0.1, 0.15) is 12.8 Å². The highest BCUT2D eigenvalue weighted by Crippen LogP contribution is 2.07. The zero-order valence-corrected chi connectivity index (χ0v) is 10.3. The van der Waals surface area contributed by atoms with Crippen molar-refractivity contribution in [2.24, 2.45) is 0 Å². The molecule has 0 bridgehead atoms. The van der Waals surface area contributed by atoms with Gasteiger partial charge in [-0.25, -0.2) is 0 Å². The molecular formula is C6H11BINO2P. The first-order chi connectivity index (χ1) is 5.63. The Bertz CT molecular complexity index is 161. The normalized spacial score (nSPS) is 16.8. The van der Waals surface area contributed by atoms with Crippen LogP contribution in [0.3, 0.4) is 0 Å². The van der Waals surface area contributed by atoms with Crippen LogP contribution < -0.4 is 0 Å². The quantitative estimate of drug-likeness (QED) is 0.314. The summed E-state index contributed by atoms with van der Waals surface area (Å²) in [6.45, 7) is 2.15. The van der Waals surface area contributed by atoms with E-state index in [1.807, 2.05) is 0 Å². The molecule has 0 saturated carbocycles. The lowest BCUT2D eigenvalue weighted by atomic mass is 10.4. The van der Waals surface area contributed by atoms with E-state index in [1.165, 1.54) is 11.9 Å². The van der Waals surface area contributed by atoms with Gasteiger partial charge in [-0.05, 0) is 0 Å². The SMILES string of the molecule is CN1C(=O)CCC1=O.CP[B]I. The Kier molecular flexibility index (Phi) is 7.04. The molecule has 0 N–H and O–H groups in total. The zero-order chi connectivity index (χ0) is 9.56. The number of imide groups is 1. The predicted molar refractivity (Wildman–Crippen MR) is 61.0 cm³/mol. The summed E-state index contributed by atoms with van der Waals surface area (Å²) in [6, 6.07) is 0. The van der Waals surface area contributed by atoms with Crippen molar-refractivity contribution in [3.63, 3.8) is 0 Å². The van der Waals surface area contributed by atoms with E-state index in [9.17, 15) is 9.59 Å². The van der Waals surface area contributed by atoms with Crippen molar-refractivity contribution in [1.29, 1.82) is 0 Å². The molecule has 0 spiro atoms. The molecule has 67 valence electrons. The van der Waals surface area contributed by atoms with Gasteiger partial charge in [0.15, 0.2) is 0 Å².